The molecule has 2 amide bonds. The predicted molar refractivity (Wildman–Crippen MR) is 116 cm³/mol. The molecule has 1 heterocycles. The van der Waals surface area contributed by atoms with Gasteiger partial charge in [-0.25, -0.2) is 0 Å². The fraction of sp³-hybridized carbons (Fsp3) is 0.652. The van der Waals surface area contributed by atoms with Crippen LogP contribution in [0, 0.1) is 11.3 Å². The molecule has 0 aliphatic carbocycles. The summed E-state index contributed by atoms with van der Waals surface area (Å²) in [5.41, 5.74) is 1.71. The van der Waals surface area contributed by atoms with Crippen LogP contribution >= 0.6 is 0 Å². The van der Waals surface area contributed by atoms with Crippen LogP contribution in [0.4, 0.5) is 5.69 Å². The summed E-state index contributed by atoms with van der Waals surface area (Å²) in [5.74, 6) is 0.509. The Hall–Kier alpha value is -2.04. The van der Waals surface area contributed by atoms with Crippen LogP contribution in [0.3, 0.4) is 0 Å². The zero-order valence-corrected chi connectivity index (χ0v) is 18.3. The first kappa shape index (κ1) is 22.3. The number of para-hydroxylation sites is 1. The molecule has 1 aliphatic heterocycles. The summed E-state index contributed by atoms with van der Waals surface area (Å²) >= 11 is 0. The average molecular weight is 388 g/mol. The number of hydrogen-bond acceptors (Lipinski definition) is 3. The quantitative estimate of drug-likeness (QED) is 0.776. The number of piperidine rings is 1. The molecule has 1 aromatic rings. The second-order valence-electron chi connectivity index (χ2n) is 9.59. The number of benzene rings is 1. The lowest BCUT2D eigenvalue weighted by Gasteiger charge is -2.35. The van der Waals surface area contributed by atoms with E-state index in [4.69, 9.17) is 0 Å². The molecule has 0 saturated carbocycles. The van der Waals surface area contributed by atoms with Gasteiger partial charge in [-0.3, -0.25) is 9.59 Å². The molecule has 1 atom stereocenters. The largest absolute Gasteiger partial charge is 0.371 e. The van der Waals surface area contributed by atoms with E-state index in [-0.39, 0.29) is 29.3 Å². The predicted octanol–water partition coefficient (Wildman–Crippen LogP) is 3.98. The van der Waals surface area contributed by atoms with Crippen LogP contribution in [0.2, 0.25) is 0 Å². The van der Waals surface area contributed by atoms with Gasteiger partial charge in [0.25, 0.3) is 5.91 Å². The van der Waals surface area contributed by atoms with Crippen LogP contribution in [0.5, 0.6) is 0 Å². The third kappa shape index (κ3) is 6.54. The molecule has 0 spiro atoms. The van der Waals surface area contributed by atoms with E-state index in [0.717, 1.165) is 37.2 Å². The Labute approximate surface area is 170 Å². The minimum absolute atomic E-state index is 0.00418. The number of carbonyl (C=O) groups excluding carboxylic acids is 2. The van der Waals surface area contributed by atoms with Gasteiger partial charge in [0.05, 0.1) is 5.56 Å². The molecular formula is C23H37N3O2. The number of anilines is 1. The highest BCUT2D eigenvalue weighted by Gasteiger charge is 2.25. The number of nitrogens with one attached hydrogen (secondary N) is 2. The summed E-state index contributed by atoms with van der Waals surface area (Å²) in [6.45, 7) is 14.2. The highest BCUT2D eigenvalue weighted by atomic mass is 16.2. The van der Waals surface area contributed by atoms with Crippen molar-refractivity contribution in [2.75, 3.05) is 18.0 Å². The molecule has 0 aromatic heterocycles. The molecule has 1 aromatic carbocycles. The van der Waals surface area contributed by atoms with E-state index in [9.17, 15) is 9.59 Å². The maximum Gasteiger partial charge on any atom is 0.253 e. The van der Waals surface area contributed by atoms with Gasteiger partial charge < -0.3 is 15.5 Å². The molecular weight excluding hydrogens is 350 g/mol. The van der Waals surface area contributed by atoms with Crippen molar-refractivity contribution in [2.45, 2.75) is 72.9 Å². The zero-order chi connectivity index (χ0) is 20.9. The summed E-state index contributed by atoms with van der Waals surface area (Å²) < 4.78 is 0. The highest BCUT2D eigenvalue weighted by Crippen LogP contribution is 2.25. The lowest BCUT2D eigenvalue weighted by molar-refractivity contribution is -0.123. The molecule has 2 rings (SSSR count). The fourth-order valence-electron chi connectivity index (χ4n) is 3.42. The maximum absolute atomic E-state index is 12.8. The van der Waals surface area contributed by atoms with Crippen molar-refractivity contribution in [3.63, 3.8) is 0 Å². The van der Waals surface area contributed by atoms with Gasteiger partial charge >= 0.3 is 0 Å². The molecule has 2 N–H and O–H groups in total. The number of amides is 2. The Kier molecular flexibility index (Phi) is 7.50. The zero-order valence-electron chi connectivity index (χ0n) is 18.3. The van der Waals surface area contributed by atoms with Crippen LogP contribution in [0.25, 0.3) is 0 Å². The first-order valence-corrected chi connectivity index (χ1v) is 10.5. The first-order valence-electron chi connectivity index (χ1n) is 10.5. The summed E-state index contributed by atoms with van der Waals surface area (Å²) in [5, 5.41) is 6.29. The van der Waals surface area contributed by atoms with Gasteiger partial charge in [-0.2, -0.15) is 0 Å². The first-order chi connectivity index (χ1) is 13.1. The van der Waals surface area contributed by atoms with Gasteiger partial charge in [-0.1, -0.05) is 46.8 Å². The van der Waals surface area contributed by atoms with E-state index in [2.05, 4.69) is 50.2 Å². The molecule has 5 heteroatoms. The summed E-state index contributed by atoms with van der Waals surface area (Å²) in [4.78, 5) is 27.2. The van der Waals surface area contributed by atoms with E-state index in [0.29, 0.717) is 12.3 Å². The number of nitrogens with zero attached hydrogens (tertiary/aromatic N) is 1. The van der Waals surface area contributed by atoms with Crippen LogP contribution in [-0.4, -0.2) is 37.0 Å². The Morgan fingerprint density at radius 2 is 1.71 bits per heavy atom. The van der Waals surface area contributed by atoms with Crippen molar-refractivity contribution < 1.29 is 9.59 Å². The molecule has 28 heavy (non-hydrogen) atoms. The van der Waals surface area contributed by atoms with Gasteiger partial charge in [0, 0.05) is 37.3 Å². The van der Waals surface area contributed by atoms with Crippen LogP contribution in [-0.2, 0) is 4.79 Å². The highest BCUT2D eigenvalue weighted by molar-refractivity contribution is 6.00. The van der Waals surface area contributed by atoms with Crippen molar-refractivity contribution in [1.82, 2.24) is 10.6 Å². The normalized spacial score (nSPS) is 16.8. The molecule has 1 aliphatic rings. The van der Waals surface area contributed by atoms with Crippen molar-refractivity contribution in [1.29, 1.82) is 0 Å². The number of carbonyl (C=O) groups is 2. The topological polar surface area (TPSA) is 61.4 Å². The Morgan fingerprint density at radius 1 is 1.11 bits per heavy atom. The number of rotatable bonds is 6. The van der Waals surface area contributed by atoms with Gasteiger partial charge in [-0.05, 0) is 43.2 Å². The van der Waals surface area contributed by atoms with E-state index in [1.807, 2.05) is 31.2 Å². The lowest BCUT2D eigenvalue weighted by Crippen LogP contribution is -2.46. The molecule has 1 fully saturated rings. The third-order valence-electron chi connectivity index (χ3n) is 5.40. The number of hydrogen-bond donors (Lipinski definition) is 2. The van der Waals surface area contributed by atoms with E-state index >= 15 is 0 Å². The minimum Gasteiger partial charge on any atom is -0.371 e. The lowest BCUT2D eigenvalue weighted by atomic mass is 9.91. The monoisotopic (exact) mass is 387 g/mol. The fourth-order valence-corrected chi connectivity index (χ4v) is 3.42. The maximum atomic E-state index is 12.8. The second kappa shape index (κ2) is 9.44. The molecule has 1 saturated heterocycles. The summed E-state index contributed by atoms with van der Waals surface area (Å²) in [7, 11) is 0. The minimum atomic E-state index is -0.0163. The van der Waals surface area contributed by atoms with Crippen molar-refractivity contribution >= 4 is 17.5 Å². The molecule has 5 nitrogen and oxygen atoms in total. The van der Waals surface area contributed by atoms with Gasteiger partial charge in [-0.15, -0.1) is 0 Å². The summed E-state index contributed by atoms with van der Waals surface area (Å²) in [6, 6.07) is 8.16. The van der Waals surface area contributed by atoms with Crippen LogP contribution in [0.1, 0.15) is 71.2 Å². The van der Waals surface area contributed by atoms with E-state index in [1.54, 1.807) is 0 Å². The van der Waals surface area contributed by atoms with Gasteiger partial charge in [0.15, 0.2) is 0 Å². The van der Waals surface area contributed by atoms with Crippen LogP contribution in [0.15, 0.2) is 24.3 Å². The Morgan fingerprint density at radius 3 is 2.29 bits per heavy atom. The van der Waals surface area contributed by atoms with E-state index < -0.39 is 0 Å². The van der Waals surface area contributed by atoms with E-state index in [1.165, 1.54) is 0 Å². The van der Waals surface area contributed by atoms with Crippen molar-refractivity contribution in [3.05, 3.63) is 29.8 Å². The molecule has 0 bridgehead atoms. The second-order valence-corrected chi connectivity index (χ2v) is 9.59. The smallest absolute Gasteiger partial charge is 0.253 e. The Balaban J connectivity index is 1.97. The van der Waals surface area contributed by atoms with Gasteiger partial charge in [0.1, 0.15) is 0 Å². The third-order valence-corrected chi connectivity index (χ3v) is 5.40. The van der Waals surface area contributed by atoms with Gasteiger partial charge in [0.2, 0.25) is 5.91 Å². The Bertz CT molecular complexity index is 671. The van der Waals surface area contributed by atoms with Crippen LogP contribution < -0.4 is 15.5 Å². The molecule has 0 unspecified atom stereocenters. The molecule has 156 valence electrons. The molecule has 0 radical (unpaired) electrons. The average Bonchev–Trinajstić information content (AvgIpc) is 2.60. The SMILES string of the molecule is CC(C)[C@@H](C)NC(=O)c1ccccc1N1CCC(NC(=O)CC(C)(C)C)CC1. The summed E-state index contributed by atoms with van der Waals surface area (Å²) in [6.07, 6.45) is 2.34. The van der Waals surface area contributed by atoms with Crippen molar-refractivity contribution in [3.8, 4) is 0 Å². The van der Waals surface area contributed by atoms with Crippen molar-refractivity contribution in [2.24, 2.45) is 11.3 Å². The standard InChI is InChI=1S/C23H37N3O2/c1-16(2)17(3)24-22(28)19-9-7-8-10-20(19)26-13-11-18(12-14-26)25-21(27)15-23(4,5)6/h7-10,16-18H,11-15H2,1-6H3,(H,24,28)(H,25,27)/t17-/m1/s1.